The third kappa shape index (κ3) is 2.14. The molecule has 0 spiro atoms. The normalized spacial score (nSPS) is 12.5. The predicted molar refractivity (Wildman–Crippen MR) is 47.7 cm³/mol. The van der Waals surface area contributed by atoms with Crippen molar-refractivity contribution in [3.63, 3.8) is 0 Å². The Morgan fingerprint density at radius 1 is 1.09 bits per heavy atom. The van der Waals surface area contributed by atoms with E-state index in [1.807, 2.05) is 18.2 Å². The van der Waals surface area contributed by atoms with E-state index in [9.17, 15) is 0 Å². The fourth-order valence-electron chi connectivity index (χ4n) is 0.704. The van der Waals surface area contributed by atoms with E-state index in [4.69, 9.17) is 28.3 Å². The van der Waals surface area contributed by atoms with Crippen molar-refractivity contribution in [2.45, 2.75) is 0 Å². The van der Waals surface area contributed by atoms with Gasteiger partial charge in [0, 0.05) is 0 Å². The predicted octanol–water partition coefficient (Wildman–Crippen LogP) is 3.35. The molecular formula is C8H6Cl2O. The van der Waals surface area contributed by atoms with Gasteiger partial charge in [-0.1, -0.05) is 41.9 Å². The van der Waals surface area contributed by atoms with Gasteiger partial charge >= 0.3 is 0 Å². The number of aliphatic hydroxyl groups is 1. The molecule has 0 unspecified atom stereocenters. The Hall–Kier alpha value is -0.660. The van der Waals surface area contributed by atoms with Crippen LogP contribution >= 0.6 is 23.2 Å². The fraction of sp³-hybridized carbons (Fsp3) is 0. The molecule has 1 N–H and O–H groups in total. The van der Waals surface area contributed by atoms with Gasteiger partial charge in [-0.25, -0.2) is 0 Å². The maximum atomic E-state index is 8.79. The Morgan fingerprint density at radius 2 is 1.64 bits per heavy atom. The molecule has 0 radical (unpaired) electrons. The van der Waals surface area contributed by atoms with Crippen LogP contribution in [0, 0.1) is 0 Å². The van der Waals surface area contributed by atoms with Crippen LogP contribution in [0.5, 0.6) is 0 Å². The molecule has 0 aliphatic heterocycles. The van der Waals surface area contributed by atoms with E-state index in [0.717, 1.165) is 0 Å². The van der Waals surface area contributed by atoms with Crippen molar-refractivity contribution in [1.82, 2.24) is 0 Å². The summed E-state index contributed by atoms with van der Waals surface area (Å²) in [6, 6.07) is 9.02. The molecule has 0 amide bonds. The van der Waals surface area contributed by atoms with E-state index in [1.165, 1.54) is 0 Å². The van der Waals surface area contributed by atoms with Gasteiger partial charge < -0.3 is 5.11 Å². The molecule has 0 atom stereocenters. The van der Waals surface area contributed by atoms with Gasteiger partial charge in [0.15, 0.2) is 0 Å². The molecule has 0 fully saturated rings. The topological polar surface area (TPSA) is 20.2 Å². The highest BCUT2D eigenvalue weighted by atomic mass is 35.5. The quantitative estimate of drug-likeness (QED) is 0.671. The van der Waals surface area contributed by atoms with E-state index >= 15 is 0 Å². The van der Waals surface area contributed by atoms with Crippen LogP contribution in [0.25, 0.3) is 5.03 Å². The smallest absolute Gasteiger partial charge is 0.204 e. The summed E-state index contributed by atoms with van der Waals surface area (Å²) < 4.78 is 0. The second-order valence-electron chi connectivity index (χ2n) is 1.97. The van der Waals surface area contributed by atoms with Crippen molar-refractivity contribution in [3.8, 4) is 0 Å². The highest BCUT2D eigenvalue weighted by Gasteiger charge is 2.00. The summed E-state index contributed by atoms with van der Waals surface area (Å²) in [6.07, 6.45) is 0. The van der Waals surface area contributed by atoms with Gasteiger partial charge in [0.1, 0.15) is 5.03 Å². The number of benzene rings is 1. The lowest BCUT2D eigenvalue weighted by Gasteiger charge is -1.96. The standard InChI is InChI=1S/C8H6Cl2O/c9-7(8(10)11)6-4-2-1-3-5-6/h1-5,11H. The van der Waals surface area contributed by atoms with Crippen LogP contribution in [0.1, 0.15) is 5.56 Å². The van der Waals surface area contributed by atoms with E-state index in [2.05, 4.69) is 0 Å². The van der Waals surface area contributed by atoms with Crippen molar-refractivity contribution < 1.29 is 5.11 Å². The summed E-state index contributed by atoms with van der Waals surface area (Å²) in [7, 11) is 0. The first-order valence-corrected chi connectivity index (χ1v) is 3.77. The molecule has 1 nitrogen and oxygen atoms in total. The average molecular weight is 189 g/mol. The van der Waals surface area contributed by atoms with Crippen molar-refractivity contribution in [1.29, 1.82) is 0 Å². The first kappa shape index (κ1) is 8.44. The van der Waals surface area contributed by atoms with Crippen LogP contribution in [-0.4, -0.2) is 5.11 Å². The average Bonchev–Trinajstić information content (AvgIpc) is 2.05. The van der Waals surface area contributed by atoms with Crippen molar-refractivity contribution in [3.05, 3.63) is 41.1 Å². The maximum absolute atomic E-state index is 8.79. The number of hydrogen-bond acceptors (Lipinski definition) is 1. The van der Waals surface area contributed by atoms with E-state index in [-0.39, 0.29) is 10.3 Å². The van der Waals surface area contributed by atoms with Crippen LogP contribution in [0.15, 0.2) is 35.6 Å². The zero-order valence-electron chi connectivity index (χ0n) is 5.59. The van der Waals surface area contributed by atoms with Crippen LogP contribution in [-0.2, 0) is 0 Å². The van der Waals surface area contributed by atoms with Crippen LogP contribution in [0.3, 0.4) is 0 Å². The Kier molecular flexibility index (Phi) is 2.80. The lowest BCUT2D eigenvalue weighted by molar-refractivity contribution is 0.456. The minimum atomic E-state index is -0.377. The molecule has 0 heterocycles. The molecule has 0 saturated carbocycles. The Balaban J connectivity index is 3.04. The summed E-state index contributed by atoms with van der Waals surface area (Å²) in [5, 5.41) is 8.58. The van der Waals surface area contributed by atoms with Gasteiger partial charge in [0.05, 0.1) is 0 Å². The molecule has 11 heavy (non-hydrogen) atoms. The molecular weight excluding hydrogens is 183 g/mol. The first-order valence-electron chi connectivity index (χ1n) is 3.01. The molecule has 0 aliphatic rings. The highest BCUT2D eigenvalue weighted by molar-refractivity contribution is 6.53. The maximum Gasteiger partial charge on any atom is 0.204 e. The third-order valence-electron chi connectivity index (χ3n) is 1.21. The molecule has 3 heteroatoms. The number of halogens is 2. The summed E-state index contributed by atoms with van der Waals surface area (Å²) in [6.45, 7) is 0. The lowest BCUT2D eigenvalue weighted by atomic mass is 10.2. The van der Waals surface area contributed by atoms with Gasteiger partial charge in [0.2, 0.25) is 5.22 Å². The van der Waals surface area contributed by atoms with Gasteiger partial charge in [-0.3, -0.25) is 0 Å². The molecule has 1 aromatic carbocycles. The Morgan fingerprint density at radius 3 is 2.09 bits per heavy atom. The van der Waals surface area contributed by atoms with Crippen molar-refractivity contribution in [2.24, 2.45) is 0 Å². The third-order valence-corrected chi connectivity index (χ3v) is 1.89. The number of hydrogen-bond donors (Lipinski definition) is 1. The highest BCUT2D eigenvalue weighted by Crippen LogP contribution is 2.22. The largest absolute Gasteiger partial charge is 0.497 e. The number of aliphatic hydroxyl groups excluding tert-OH is 1. The van der Waals surface area contributed by atoms with Gasteiger partial charge in [-0.15, -0.1) is 0 Å². The van der Waals surface area contributed by atoms with Crippen LogP contribution < -0.4 is 0 Å². The van der Waals surface area contributed by atoms with Crippen LogP contribution in [0.4, 0.5) is 0 Å². The molecule has 0 bridgehead atoms. The minimum Gasteiger partial charge on any atom is -0.497 e. The Labute approximate surface area is 74.9 Å². The summed E-state index contributed by atoms with van der Waals surface area (Å²) >= 11 is 10.9. The molecule has 58 valence electrons. The number of rotatable bonds is 1. The van der Waals surface area contributed by atoms with Gasteiger partial charge in [-0.05, 0) is 17.2 Å². The summed E-state index contributed by atoms with van der Waals surface area (Å²) in [5.74, 6) is 0. The SMILES string of the molecule is OC(Cl)=C(Cl)c1ccccc1. The Bertz CT molecular complexity index is 263. The summed E-state index contributed by atoms with van der Waals surface area (Å²) in [4.78, 5) is 0. The second kappa shape index (κ2) is 3.65. The lowest BCUT2D eigenvalue weighted by Crippen LogP contribution is -1.77. The van der Waals surface area contributed by atoms with Crippen LogP contribution in [0.2, 0.25) is 0 Å². The van der Waals surface area contributed by atoms with E-state index in [1.54, 1.807) is 12.1 Å². The van der Waals surface area contributed by atoms with E-state index < -0.39 is 0 Å². The molecule has 0 saturated heterocycles. The zero-order chi connectivity index (χ0) is 8.27. The summed E-state index contributed by atoms with van der Waals surface area (Å²) in [5.41, 5.74) is 0.710. The second-order valence-corrected chi connectivity index (χ2v) is 2.71. The zero-order valence-corrected chi connectivity index (χ0v) is 7.10. The van der Waals surface area contributed by atoms with E-state index in [0.29, 0.717) is 5.56 Å². The molecule has 0 aliphatic carbocycles. The monoisotopic (exact) mass is 188 g/mol. The molecule has 1 aromatic rings. The van der Waals surface area contributed by atoms with Crippen molar-refractivity contribution in [2.75, 3.05) is 0 Å². The van der Waals surface area contributed by atoms with Gasteiger partial charge in [-0.2, -0.15) is 0 Å². The molecule has 1 rings (SSSR count). The van der Waals surface area contributed by atoms with Gasteiger partial charge in [0.25, 0.3) is 0 Å². The minimum absolute atomic E-state index is 0.173. The first-order chi connectivity index (χ1) is 5.22. The molecule has 0 aromatic heterocycles. The fourth-order valence-corrected chi connectivity index (χ4v) is 0.939. The van der Waals surface area contributed by atoms with Crippen molar-refractivity contribution >= 4 is 28.2 Å².